The Morgan fingerprint density at radius 3 is 2.10 bits per heavy atom. The number of nitrogens with one attached hydrogen (secondary N) is 2. The highest BCUT2D eigenvalue weighted by molar-refractivity contribution is 5.97. The zero-order valence-electron chi connectivity index (χ0n) is 18.0. The van der Waals surface area contributed by atoms with Crippen molar-refractivity contribution in [2.24, 2.45) is 5.10 Å². The third-order valence-electron chi connectivity index (χ3n) is 4.18. The molecule has 0 unspecified atom stereocenters. The molecule has 10 heteroatoms. The summed E-state index contributed by atoms with van der Waals surface area (Å²) in [6.07, 6.45) is 1.40. The first kappa shape index (κ1) is 23.3. The van der Waals surface area contributed by atoms with Crippen molar-refractivity contribution in [3.05, 3.63) is 41.5 Å². The van der Waals surface area contributed by atoms with Gasteiger partial charge in [0.25, 0.3) is 11.8 Å². The van der Waals surface area contributed by atoms with Gasteiger partial charge in [-0.15, -0.1) is 0 Å². The Hall–Kier alpha value is -3.95. The average molecular weight is 431 g/mol. The Kier molecular flexibility index (Phi) is 8.50. The molecule has 2 N–H and O–H groups in total. The fourth-order valence-corrected chi connectivity index (χ4v) is 2.68. The second kappa shape index (κ2) is 11.3. The van der Waals surface area contributed by atoms with Crippen LogP contribution in [0.4, 0.5) is 0 Å². The van der Waals surface area contributed by atoms with Gasteiger partial charge >= 0.3 is 0 Å². The number of carbonyl (C=O) groups is 2. The van der Waals surface area contributed by atoms with Crippen LogP contribution >= 0.6 is 0 Å². The van der Waals surface area contributed by atoms with Gasteiger partial charge in [-0.25, -0.2) is 5.43 Å². The first-order chi connectivity index (χ1) is 15.0. The lowest BCUT2D eigenvalue weighted by atomic mass is 10.2. The minimum Gasteiger partial charge on any atom is -0.493 e. The number of hydrazone groups is 1. The van der Waals surface area contributed by atoms with E-state index >= 15 is 0 Å². The van der Waals surface area contributed by atoms with Crippen LogP contribution in [0.3, 0.4) is 0 Å². The van der Waals surface area contributed by atoms with E-state index in [2.05, 4.69) is 15.8 Å². The fraction of sp³-hybridized carbons (Fsp3) is 0.286. The third-order valence-corrected chi connectivity index (χ3v) is 4.18. The lowest BCUT2D eigenvalue weighted by Crippen LogP contribution is -2.34. The molecule has 2 aromatic carbocycles. The number of hydrogen-bond donors (Lipinski definition) is 2. The smallest absolute Gasteiger partial charge is 0.259 e. The molecule has 0 aliphatic heterocycles. The van der Waals surface area contributed by atoms with Gasteiger partial charge in [0.2, 0.25) is 5.75 Å². The maximum Gasteiger partial charge on any atom is 0.259 e. The van der Waals surface area contributed by atoms with E-state index in [0.29, 0.717) is 39.9 Å². The minimum absolute atomic E-state index is 0.270. The molecular formula is C21H25N3O7. The molecule has 0 atom stereocenters. The van der Waals surface area contributed by atoms with Crippen molar-refractivity contribution >= 4 is 18.0 Å². The molecule has 0 aromatic heterocycles. The minimum atomic E-state index is -0.510. The number of rotatable bonds is 10. The molecule has 0 radical (unpaired) electrons. The van der Waals surface area contributed by atoms with Crippen molar-refractivity contribution in [1.29, 1.82) is 0 Å². The number of benzene rings is 2. The molecule has 0 aliphatic carbocycles. The Bertz CT molecular complexity index is 960. The second-order valence-electron chi connectivity index (χ2n) is 5.97. The topological polar surface area (TPSA) is 117 Å². The Balaban J connectivity index is 1.97. The van der Waals surface area contributed by atoms with Crippen molar-refractivity contribution in [3.63, 3.8) is 0 Å². The van der Waals surface area contributed by atoms with Crippen LogP contribution in [0.5, 0.6) is 28.7 Å². The standard InChI is InChI=1S/C21H25N3O7/c1-27-15-8-6-13(10-17(15)29-3)21(26)22-12-18(25)24-23-11-14-7-9-16(28-2)20(31-5)19(14)30-4/h6-11H,12H2,1-5H3,(H,22,26)(H,24,25). The summed E-state index contributed by atoms with van der Waals surface area (Å²) in [5, 5.41) is 6.40. The molecule has 0 aliphatic rings. The maximum atomic E-state index is 12.3. The molecule has 2 aromatic rings. The quantitative estimate of drug-likeness (QED) is 0.434. The molecular weight excluding hydrogens is 406 g/mol. The van der Waals surface area contributed by atoms with Crippen LogP contribution in [0, 0.1) is 0 Å². The summed E-state index contributed by atoms with van der Waals surface area (Å²) in [7, 11) is 7.46. The lowest BCUT2D eigenvalue weighted by Gasteiger charge is -2.13. The molecule has 166 valence electrons. The number of nitrogens with zero attached hydrogens (tertiary/aromatic N) is 1. The van der Waals surface area contributed by atoms with Gasteiger partial charge in [0.15, 0.2) is 23.0 Å². The van der Waals surface area contributed by atoms with Crippen molar-refractivity contribution in [3.8, 4) is 28.7 Å². The third kappa shape index (κ3) is 5.78. The molecule has 0 saturated carbocycles. The first-order valence-electron chi connectivity index (χ1n) is 9.10. The molecule has 0 bridgehead atoms. The highest BCUT2D eigenvalue weighted by Gasteiger charge is 2.15. The molecule has 0 heterocycles. The van der Waals surface area contributed by atoms with Gasteiger partial charge < -0.3 is 29.0 Å². The van der Waals surface area contributed by atoms with Gasteiger partial charge in [-0.1, -0.05) is 0 Å². The van der Waals surface area contributed by atoms with Crippen molar-refractivity contribution in [2.45, 2.75) is 0 Å². The van der Waals surface area contributed by atoms with Crippen LogP contribution < -0.4 is 34.4 Å². The first-order valence-corrected chi connectivity index (χ1v) is 9.10. The van der Waals surface area contributed by atoms with E-state index in [1.807, 2.05) is 0 Å². The van der Waals surface area contributed by atoms with E-state index in [-0.39, 0.29) is 6.54 Å². The highest BCUT2D eigenvalue weighted by atomic mass is 16.5. The number of hydrogen-bond acceptors (Lipinski definition) is 8. The van der Waals surface area contributed by atoms with Gasteiger partial charge in [0, 0.05) is 11.1 Å². The molecule has 10 nitrogen and oxygen atoms in total. The van der Waals surface area contributed by atoms with Crippen LogP contribution in [0.25, 0.3) is 0 Å². The van der Waals surface area contributed by atoms with Crippen LogP contribution in [0.15, 0.2) is 35.4 Å². The zero-order chi connectivity index (χ0) is 22.8. The van der Waals surface area contributed by atoms with Crippen molar-refractivity contribution in [2.75, 3.05) is 42.1 Å². The molecule has 0 fully saturated rings. The lowest BCUT2D eigenvalue weighted by molar-refractivity contribution is -0.120. The van der Waals surface area contributed by atoms with E-state index in [9.17, 15) is 9.59 Å². The Morgan fingerprint density at radius 2 is 1.48 bits per heavy atom. The predicted molar refractivity (Wildman–Crippen MR) is 114 cm³/mol. The number of amides is 2. The SMILES string of the molecule is COc1ccc(C(=O)NCC(=O)NN=Cc2ccc(OC)c(OC)c2OC)cc1OC. The average Bonchev–Trinajstić information content (AvgIpc) is 2.81. The second-order valence-corrected chi connectivity index (χ2v) is 5.97. The summed E-state index contributed by atoms with van der Waals surface area (Å²) in [5.41, 5.74) is 3.23. The largest absolute Gasteiger partial charge is 0.493 e. The fourth-order valence-electron chi connectivity index (χ4n) is 2.68. The van der Waals surface area contributed by atoms with Crippen LogP contribution in [0.1, 0.15) is 15.9 Å². The maximum absolute atomic E-state index is 12.3. The zero-order valence-corrected chi connectivity index (χ0v) is 18.0. The van der Waals surface area contributed by atoms with Gasteiger partial charge in [0.1, 0.15) is 0 Å². The summed E-state index contributed by atoms with van der Waals surface area (Å²) >= 11 is 0. The summed E-state index contributed by atoms with van der Waals surface area (Å²) in [4.78, 5) is 24.3. The molecule has 2 amide bonds. The number of ether oxygens (including phenoxy) is 5. The molecule has 0 spiro atoms. The van der Waals surface area contributed by atoms with Gasteiger partial charge in [-0.05, 0) is 30.3 Å². The van der Waals surface area contributed by atoms with Crippen molar-refractivity contribution < 1.29 is 33.3 Å². The van der Waals surface area contributed by atoms with E-state index in [1.165, 1.54) is 47.8 Å². The molecule has 31 heavy (non-hydrogen) atoms. The highest BCUT2D eigenvalue weighted by Crippen LogP contribution is 2.38. The summed E-state index contributed by atoms with van der Waals surface area (Å²) in [6.45, 7) is -0.270. The van der Waals surface area contributed by atoms with E-state index in [4.69, 9.17) is 23.7 Å². The van der Waals surface area contributed by atoms with Gasteiger partial charge in [0.05, 0.1) is 48.3 Å². The normalized spacial score (nSPS) is 10.4. The van der Waals surface area contributed by atoms with E-state index in [1.54, 1.807) is 24.3 Å². The van der Waals surface area contributed by atoms with Crippen LogP contribution in [-0.4, -0.2) is 60.1 Å². The number of methoxy groups -OCH3 is 5. The monoisotopic (exact) mass is 431 g/mol. The van der Waals surface area contributed by atoms with Crippen LogP contribution in [-0.2, 0) is 4.79 Å². The van der Waals surface area contributed by atoms with Crippen molar-refractivity contribution in [1.82, 2.24) is 10.7 Å². The van der Waals surface area contributed by atoms with E-state index in [0.717, 1.165) is 0 Å². The molecule has 0 saturated heterocycles. The summed E-state index contributed by atoms with van der Waals surface area (Å²) < 4.78 is 26.2. The van der Waals surface area contributed by atoms with E-state index < -0.39 is 11.8 Å². The van der Waals surface area contributed by atoms with Gasteiger partial charge in [-0.3, -0.25) is 9.59 Å². The Labute approximate surface area is 180 Å². The Morgan fingerprint density at radius 1 is 0.839 bits per heavy atom. The van der Waals surface area contributed by atoms with Gasteiger partial charge in [-0.2, -0.15) is 5.10 Å². The molecule has 2 rings (SSSR count). The summed E-state index contributed by atoms with van der Waals surface area (Å²) in [5.74, 6) is 1.26. The predicted octanol–water partition coefficient (Wildman–Crippen LogP) is 1.61. The summed E-state index contributed by atoms with van der Waals surface area (Å²) in [6, 6.07) is 8.08. The number of carbonyl (C=O) groups excluding carboxylic acids is 2. The van der Waals surface area contributed by atoms with Crippen LogP contribution in [0.2, 0.25) is 0 Å².